The molecule has 0 radical (unpaired) electrons. The van der Waals surface area contributed by atoms with Crippen molar-refractivity contribution in [2.45, 2.75) is 57.4 Å². The van der Waals surface area contributed by atoms with Crippen molar-refractivity contribution < 1.29 is 4.79 Å². The van der Waals surface area contributed by atoms with Crippen molar-refractivity contribution in [2.75, 3.05) is 19.6 Å². The number of carbonyl (C=O) groups excluding carboxylic acids is 1. The van der Waals surface area contributed by atoms with Gasteiger partial charge in [0.15, 0.2) is 0 Å². The van der Waals surface area contributed by atoms with Gasteiger partial charge in [-0.3, -0.25) is 9.69 Å². The number of carbonyl (C=O) groups is 1. The quantitative estimate of drug-likeness (QED) is 0.833. The first-order valence-electron chi connectivity index (χ1n) is 8.90. The first kappa shape index (κ1) is 16.0. The summed E-state index contributed by atoms with van der Waals surface area (Å²) in [5.74, 6) is 0.549. The van der Waals surface area contributed by atoms with Crippen LogP contribution in [-0.4, -0.2) is 30.4 Å². The molecule has 1 atom stereocenters. The van der Waals surface area contributed by atoms with Gasteiger partial charge in [-0.2, -0.15) is 0 Å². The first-order valence-corrected chi connectivity index (χ1v) is 9.78. The van der Waals surface area contributed by atoms with Gasteiger partial charge in [-0.05, 0) is 50.2 Å². The number of hydrogen-bond donors (Lipinski definition) is 1. The summed E-state index contributed by atoms with van der Waals surface area (Å²) in [6.07, 6.45) is 9.79. The van der Waals surface area contributed by atoms with Crippen LogP contribution in [0.1, 0.15) is 62.3 Å². The van der Waals surface area contributed by atoms with E-state index < -0.39 is 0 Å². The van der Waals surface area contributed by atoms with Gasteiger partial charge in [0.25, 0.3) is 0 Å². The summed E-state index contributed by atoms with van der Waals surface area (Å²) in [4.78, 5) is 16.4. The van der Waals surface area contributed by atoms with Crippen LogP contribution in [0.25, 0.3) is 0 Å². The molecule has 1 amide bonds. The summed E-state index contributed by atoms with van der Waals surface area (Å²) in [6, 6.07) is 4.71. The standard InChI is InChI=1S/C18H28N2OS/c21-18(15-8-3-1-2-4-9-15)19-14-16(17-10-7-13-22-17)20-11-5-6-12-20/h7,10,13,15-16H,1-6,8-9,11-12,14H2,(H,19,21). The SMILES string of the molecule is O=C(NCC(c1cccs1)N1CCCC1)C1CCCCCC1. The maximum atomic E-state index is 12.5. The van der Waals surface area contributed by atoms with Crippen LogP contribution < -0.4 is 5.32 Å². The highest BCUT2D eigenvalue weighted by Gasteiger charge is 2.26. The molecular formula is C18H28N2OS. The maximum absolute atomic E-state index is 12.5. The Morgan fingerprint density at radius 3 is 2.55 bits per heavy atom. The minimum atomic E-state index is 0.255. The molecule has 3 rings (SSSR count). The Morgan fingerprint density at radius 1 is 1.18 bits per heavy atom. The highest BCUT2D eigenvalue weighted by atomic mass is 32.1. The van der Waals surface area contributed by atoms with Gasteiger partial charge in [0.1, 0.15) is 0 Å². The molecule has 1 saturated carbocycles. The number of likely N-dealkylation sites (tertiary alicyclic amines) is 1. The minimum Gasteiger partial charge on any atom is -0.354 e. The maximum Gasteiger partial charge on any atom is 0.223 e. The third-order valence-electron chi connectivity index (χ3n) is 5.15. The van der Waals surface area contributed by atoms with Crippen molar-refractivity contribution in [1.82, 2.24) is 10.2 Å². The Hall–Kier alpha value is -0.870. The molecule has 1 aliphatic heterocycles. The van der Waals surface area contributed by atoms with E-state index in [1.807, 2.05) is 11.3 Å². The van der Waals surface area contributed by atoms with Crippen LogP contribution in [0.15, 0.2) is 17.5 Å². The molecule has 2 heterocycles. The van der Waals surface area contributed by atoms with Gasteiger partial charge in [-0.1, -0.05) is 31.7 Å². The molecule has 2 aliphatic rings. The average Bonchev–Trinajstić information content (AvgIpc) is 3.18. The van der Waals surface area contributed by atoms with Gasteiger partial charge in [-0.25, -0.2) is 0 Å². The largest absolute Gasteiger partial charge is 0.354 e. The summed E-state index contributed by atoms with van der Waals surface area (Å²) in [5.41, 5.74) is 0. The smallest absolute Gasteiger partial charge is 0.223 e. The Bertz CT molecular complexity index is 446. The first-order chi connectivity index (χ1) is 10.8. The van der Waals surface area contributed by atoms with Crippen LogP contribution in [0.5, 0.6) is 0 Å². The Balaban J connectivity index is 1.57. The van der Waals surface area contributed by atoms with E-state index >= 15 is 0 Å². The van der Waals surface area contributed by atoms with Gasteiger partial charge in [0.05, 0.1) is 6.04 Å². The summed E-state index contributed by atoms with van der Waals surface area (Å²) < 4.78 is 0. The van der Waals surface area contributed by atoms with E-state index in [9.17, 15) is 4.79 Å². The highest BCUT2D eigenvalue weighted by Crippen LogP contribution is 2.28. The molecule has 1 unspecified atom stereocenters. The van der Waals surface area contributed by atoms with Gasteiger partial charge in [0.2, 0.25) is 5.91 Å². The zero-order valence-electron chi connectivity index (χ0n) is 13.4. The second-order valence-electron chi connectivity index (χ2n) is 6.71. The number of thiophene rings is 1. The Kier molecular flexibility index (Phi) is 5.90. The summed E-state index contributed by atoms with van der Waals surface area (Å²) in [6.45, 7) is 3.11. The van der Waals surface area contributed by atoms with E-state index in [1.54, 1.807) is 0 Å². The molecular weight excluding hydrogens is 292 g/mol. The molecule has 4 heteroatoms. The van der Waals surface area contributed by atoms with Crippen molar-refractivity contribution in [3.63, 3.8) is 0 Å². The van der Waals surface area contributed by atoms with Gasteiger partial charge < -0.3 is 5.32 Å². The summed E-state index contributed by atoms with van der Waals surface area (Å²) in [7, 11) is 0. The molecule has 22 heavy (non-hydrogen) atoms. The molecule has 122 valence electrons. The Labute approximate surface area is 138 Å². The van der Waals surface area contributed by atoms with Crippen molar-refractivity contribution in [1.29, 1.82) is 0 Å². The Morgan fingerprint density at radius 2 is 1.91 bits per heavy atom. The predicted octanol–water partition coefficient (Wildman–Crippen LogP) is 3.97. The number of hydrogen-bond acceptors (Lipinski definition) is 3. The van der Waals surface area contributed by atoms with Crippen LogP contribution in [0.2, 0.25) is 0 Å². The molecule has 1 aromatic heterocycles. The van der Waals surface area contributed by atoms with Gasteiger partial charge in [0, 0.05) is 17.3 Å². The molecule has 3 nitrogen and oxygen atoms in total. The van der Waals surface area contributed by atoms with E-state index in [-0.39, 0.29) is 5.92 Å². The molecule has 1 saturated heterocycles. The predicted molar refractivity (Wildman–Crippen MR) is 92.1 cm³/mol. The van der Waals surface area contributed by atoms with Gasteiger partial charge in [-0.15, -0.1) is 11.3 Å². The van der Waals surface area contributed by atoms with Crippen molar-refractivity contribution in [3.8, 4) is 0 Å². The lowest BCUT2D eigenvalue weighted by molar-refractivity contribution is -0.125. The number of amides is 1. The van der Waals surface area contributed by atoms with E-state index in [4.69, 9.17) is 0 Å². The average molecular weight is 321 g/mol. The van der Waals surface area contributed by atoms with Crippen LogP contribution >= 0.6 is 11.3 Å². The molecule has 1 aliphatic carbocycles. The molecule has 0 spiro atoms. The zero-order chi connectivity index (χ0) is 15.2. The fourth-order valence-corrected chi connectivity index (χ4v) is 4.69. The third-order valence-corrected chi connectivity index (χ3v) is 6.12. The monoisotopic (exact) mass is 320 g/mol. The fourth-order valence-electron chi connectivity index (χ4n) is 3.83. The molecule has 2 fully saturated rings. The normalized spacial score (nSPS) is 22.4. The summed E-state index contributed by atoms with van der Waals surface area (Å²) in [5, 5.41) is 5.42. The number of nitrogens with zero attached hydrogens (tertiary/aromatic N) is 1. The van der Waals surface area contributed by atoms with Gasteiger partial charge >= 0.3 is 0 Å². The lowest BCUT2D eigenvalue weighted by Crippen LogP contribution is -2.39. The minimum absolute atomic E-state index is 0.255. The third kappa shape index (κ3) is 4.11. The van der Waals surface area contributed by atoms with E-state index in [0.717, 1.165) is 19.4 Å². The van der Waals surface area contributed by atoms with Crippen LogP contribution in [0.4, 0.5) is 0 Å². The summed E-state index contributed by atoms with van der Waals surface area (Å²) >= 11 is 1.82. The van der Waals surface area contributed by atoms with Crippen LogP contribution in [0.3, 0.4) is 0 Å². The zero-order valence-corrected chi connectivity index (χ0v) is 14.2. The second kappa shape index (κ2) is 8.11. The van der Waals surface area contributed by atoms with Crippen LogP contribution in [-0.2, 0) is 4.79 Å². The second-order valence-corrected chi connectivity index (χ2v) is 7.69. The molecule has 1 N–H and O–H groups in total. The number of rotatable bonds is 5. The topological polar surface area (TPSA) is 32.3 Å². The van der Waals surface area contributed by atoms with Crippen molar-refractivity contribution in [2.24, 2.45) is 5.92 Å². The lowest BCUT2D eigenvalue weighted by atomic mass is 9.99. The van der Waals surface area contributed by atoms with E-state index in [1.165, 1.54) is 56.5 Å². The molecule has 1 aromatic rings. The van der Waals surface area contributed by atoms with Crippen molar-refractivity contribution >= 4 is 17.2 Å². The van der Waals surface area contributed by atoms with E-state index in [0.29, 0.717) is 11.9 Å². The molecule has 0 aromatic carbocycles. The number of nitrogens with one attached hydrogen (secondary N) is 1. The highest BCUT2D eigenvalue weighted by molar-refractivity contribution is 7.10. The van der Waals surface area contributed by atoms with Crippen molar-refractivity contribution in [3.05, 3.63) is 22.4 Å². The fraction of sp³-hybridized carbons (Fsp3) is 0.722. The van der Waals surface area contributed by atoms with Crippen LogP contribution in [0, 0.1) is 5.92 Å². The molecule has 0 bridgehead atoms. The lowest BCUT2D eigenvalue weighted by Gasteiger charge is -2.27. The van der Waals surface area contributed by atoms with E-state index in [2.05, 4.69) is 27.7 Å².